The number of hydrogen-bond donors (Lipinski definition) is 0. The van der Waals surface area contributed by atoms with Gasteiger partial charge in [-0.15, -0.1) is 0 Å². The van der Waals surface area contributed by atoms with Crippen LogP contribution in [0.25, 0.3) is 82.5 Å². The lowest BCUT2D eigenvalue weighted by Crippen LogP contribution is -2.16. The van der Waals surface area contributed by atoms with Crippen LogP contribution in [0.3, 0.4) is 0 Å². The van der Waals surface area contributed by atoms with Gasteiger partial charge in [-0.3, -0.25) is 0 Å². The van der Waals surface area contributed by atoms with Crippen LogP contribution in [0.15, 0.2) is 199 Å². The average molecular weight is 743 g/mol. The predicted molar refractivity (Wildman–Crippen MR) is 243 cm³/mol. The van der Waals surface area contributed by atoms with E-state index in [2.05, 4.69) is 217 Å². The van der Waals surface area contributed by atoms with Crippen LogP contribution in [0.1, 0.15) is 25.0 Å². The van der Waals surface area contributed by atoms with Crippen molar-refractivity contribution in [2.24, 2.45) is 0 Å². The summed E-state index contributed by atoms with van der Waals surface area (Å²) in [5.74, 6) is 0. The van der Waals surface area contributed by atoms with Crippen molar-refractivity contribution >= 4 is 71.6 Å². The van der Waals surface area contributed by atoms with Gasteiger partial charge in [0, 0.05) is 55.1 Å². The van der Waals surface area contributed by atoms with Gasteiger partial charge in [-0.1, -0.05) is 135 Å². The molecule has 3 nitrogen and oxygen atoms in total. The third-order valence-corrected chi connectivity index (χ3v) is 12.6. The molecular weight excluding hydrogens is 705 g/mol. The molecule has 0 atom stereocenters. The summed E-state index contributed by atoms with van der Waals surface area (Å²) in [4.78, 5) is 2.40. The number of nitrogens with zero attached hydrogens (tertiary/aromatic N) is 2. The molecule has 11 aromatic rings. The molecular formula is C55H38N2O. The molecule has 274 valence electrons. The second-order valence-corrected chi connectivity index (χ2v) is 16.1. The van der Waals surface area contributed by atoms with Crippen LogP contribution in [0.5, 0.6) is 0 Å². The lowest BCUT2D eigenvalue weighted by Gasteiger charge is -2.28. The zero-order valence-corrected chi connectivity index (χ0v) is 32.3. The van der Waals surface area contributed by atoms with Gasteiger partial charge >= 0.3 is 0 Å². The minimum atomic E-state index is -0.120. The molecule has 0 spiro atoms. The summed E-state index contributed by atoms with van der Waals surface area (Å²) >= 11 is 0. The first kappa shape index (κ1) is 32.8. The van der Waals surface area contributed by atoms with Crippen molar-refractivity contribution < 1.29 is 4.42 Å². The van der Waals surface area contributed by atoms with Crippen molar-refractivity contribution in [3.8, 4) is 27.9 Å². The average Bonchev–Trinajstić information content (AvgIpc) is 3.90. The Morgan fingerprint density at radius 1 is 0.431 bits per heavy atom. The Labute approximate surface area is 336 Å². The number of anilines is 3. The van der Waals surface area contributed by atoms with Gasteiger partial charge < -0.3 is 13.9 Å². The van der Waals surface area contributed by atoms with Gasteiger partial charge in [-0.2, -0.15) is 0 Å². The highest BCUT2D eigenvalue weighted by Crippen LogP contribution is 2.51. The van der Waals surface area contributed by atoms with Gasteiger partial charge in [0.1, 0.15) is 11.2 Å². The molecule has 1 aliphatic rings. The first-order valence-corrected chi connectivity index (χ1v) is 20.1. The Morgan fingerprint density at radius 2 is 1.09 bits per heavy atom. The van der Waals surface area contributed by atoms with E-state index in [9.17, 15) is 0 Å². The highest BCUT2D eigenvalue weighted by Gasteiger charge is 2.35. The molecule has 0 saturated heterocycles. The van der Waals surface area contributed by atoms with Crippen molar-refractivity contribution in [3.05, 3.63) is 205 Å². The number of hydrogen-bond acceptors (Lipinski definition) is 2. The maximum Gasteiger partial charge on any atom is 0.143 e. The van der Waals surface area contributed by atoms with Crippen LogP contribution in [0.2, 0.25) is 0 Å². The summed E-state index contributed by atoms with van der Waals surface area (Å²) < 4.78 is 8.95. The first-order valence-electron chi connectivity index (χ1n) is 20.1. The fourth-order valence-corrected chi connectivity index (χ4v) is 9.74. The lowest BCUT2D eigenvalue weighted by atomic mass is 9.82. The number of para-hydroxylation sites is 2. The molecule has 0 saturated carbocycles. The Bertz CT molecular complexity index is 3380. The third kappa shape index (κ3) is 4.80. The molecule has 3 heteroatoms. The molecule has 0 N–H and O–H groups in total. The van der Waals surface area contributed by atoms with Gasteiger partial charge in [-0.25, -0.2) is 0 Å². The van der Waals surface area contributed by atoms with E-state index in [0.717, 1.165) is 50.1 Å². The predicted octanol–water partition coefficient (Wildman–Crippen LogP) is 15.3. The zero-order valence-electron chi connectivity index (χ0n) is 32.3. The molecule has 1 aliphatic carbocycles. The standard InChI is InChI=1S/C55H38N2O/c1-55(2)49-19-8-5-16-43(49)44-30-27-41(34-50(44)55)56(40-28-31-53-48(33-40)47-29-24-36-12-3-4-15-42(36)54(47)58-53)38-25-22-35(23-26-38)37-13-11-14-39(32-37)57-51-20-9-6-17-45(51)46-18-7-10-21-52(46)57/h3-34H,1-2H3. The van der Waals surface area contributed by atoms with Crippen LogP contribution in [0.4, 0.5) is 17.1 Å². The summed E-state index contributed by atoms with van der Waals surface area (Å²) in [5, 5.41) is 7.07. The van der Waals surface area contributed by atoms with Crippen LogP contribution >= 0.6 is 0 Å². The van der Waals surface area contributed by atoms with Crippen molar-refractivity contribution in [1.82, 2.24) is 4.57 Å². The van der Waals surface area contributed by atoms with E-state index < -0.39 is 0 Å². The fourth-order valence-electron chi connectivity index (χ4n) is 9.74. The SMILES string of the molecule is CC1(C)c2ccccc2-c2ccc(N(c3ccc(-c4cccc(-n5c6ccccc6c6ccccc65)c4)cc3)c3ccc4oc5c6ccccc6ccc5c4c3)cc21. The number of benzene rings is 9. The van der Waals surface area contributed by atoms with Crippen molar-refractivity contribution in [2.45, 2.75) is 19.3 Å². The van der Waals surface area contributed by atoms with Crippen LogP contribution in [-0.4, -0.2) is 4.57 Å². The van der Waals surface area contributed by atoms with Gasteiger partial charge in [-0.05, 0) is 112 Å². The summed E-state index contributed by atoms with van der Waals surface area (Å²) in [6, 6.07) is 70.7. The van der Waals surface area contributed by atoms with E-state index in [1.165, 1.54) is 60.6 Å². The van der Waals surface area contributed by atoms with Gasteiger partial charge in [0.25, 0.3) is 0 Å². The number of aromatic nitrogens is 1. The molecule has 0 amide bonds. The van der Waals surface area contributed by atoms with Crippen molar-refractivity contribution in [3.63, 3.8) is 0 Å². The van der Waals surface area contributed by atoms with Crippen LogP contribution in [0, 0.1) is 0 Å². The summed E-state index contributed by atoms with van der Waals surface area (Å²) in [7, 11) is 0. The second kappa shape index (κ2) is 12.3. The zero-order chi connectivity index (χ0) is 38.5. The molecule has 0 fully saturated rings. The molecule has 0 radical (unpaired) electrons. The minimum Gasteiger partial charge on any atom is -0.455 e. The second-order valence-electron chi connectivity index (χ2n) is 16.1. The van der Waals surface area contributed by atoms with Gasteiger partial charge in [0.2, 0.25) is 0 Å². The van der Waals surface area contributed by atoms with Gasteiger partial charge in [0.05, 0.1) is 11.0 Å². The normalized spacial score (nSPS) is 13.1. The summed E-state index contributed by atoms with van der Waals surface area (Å²) in [6.07, 6.45) is 0. The molecule has 12 rings (SSSR count). The minimum absolute atomic E-state index is 0.120. The van der Waals surface area contributed by atoms with E-state index in [-0.39, 0.29) is 5.41 Å². The highest BCUT2D eigenvalue weighted by atomic mass is 16.3. The molecule has 0 bridgehead atoms. The largest absolute Gasteiger partial charge is 0.455 e. The van der Waals surface area contributed by atoms with E-state index in [4.69, 9.17) is 4.42 Å². The molecule has 2 heterocycles. The molecule has 2 aromatic heterocycles. The fraction of sp³-hybridized carbons (Fsp3) is 0.0545. The number of furan rings is 1. The maximum absolute atomic E-state index is 6.56. The monoisotopic (exact) mass is 742 g/mol. The van der Waals surface area contributed by atoms with Crippen LogP contribution < -0.4 is 4.90 Å². The van der Waals surface area contributed by atoms with E-state index in [0.29, 0.717) is 0 Å². The molecule has 0 aliphatic heterocycles. The first-order chi connectivity index (χ1) is 28.5. The maximum atomic E-state index is 6.56. The highest BCUT2D eigenvalue weighted by molar-refractivity contribution is 6.16. The Kier molecular flexibility index (Phi) is 6.98. The van der Waals surface area contributed by atoms with E-state index in [1.54, 1.807) is 0 Å². The van der Waals surface area contributed by atoms with E-state index >= 15 is 0 Å². The van der Waals surface area contributed by atoms with Crippen molar-refractivity contribution in [1.29, 1.82) is 0 Å². The number of rotatable bonds is 5. The Hall–Kier alpha value is -7.36. The summed E-state index contributed by atoms with van der Waals surface area (Å²) in [6.45, 7) is 4.70. The van der Waals surface area contributed by atoms with E-state index in [1.807, 2.05) is 0 Å². The smallest absolute Gasteiger partial charge is 0.143 e. The third-order valence-electron chi connectivity index (χ3n) is 12.6. The van der Waals surface area contributed by atoms with Crippen molar-refractivity contribution in [2.75, 3.05) is 4.90 Å². The number of fused-ring (bicyclic) bond motifs is 11. The van der Waals surface area contributed by atoms with Gasteiger partial charge in [0.15, 0.2) is 0 Å². The molecule has 0 unspecified atom stereocenters. The Morgan fingerprint density at radius 3 is 1.90 bits per heavy atom. The van der Waals surface area contributed by atoms with Crippen LogP contribution in [-0.2, 0) is 5.41 Å². The quantitative estimate of drug-likeness (QED) is 0.175. The summed E-state index contributed by atoms with van der Waals surface area (Å²) in [5.41, 5.74) is 16.3. The lowest BCUT2D eigenvalue weighted by molar-refractivity contribution is 0.660. The topological polar surface area (TPSA) is 21.3 Å². The molecule has 9 aromatic carbocycles. The molecule has 58 heavy (non-hydrogen) atoms. The Balaban J connectivity index is 0.997.